The van der Waals surface area contributed by atoms with Crippen molar-refractivity contribution in [3.05, 3.63) is 55.7 Å². The van der Waals surface area contributed by atoms with Gasteiger partial charge in [-0.2, -0.15) is 0 Å². The first kappa shape index (κ1) is 26.8. The molecule has 3 heterocycles. The van der Waals surface area contributed by atoms with Crippen LogP contribution in [0, 0.1) is 0 Å². The van der Waals surface area contributed by atoms with Crippen LogP contribution < -0.4 is 14.9 Å². The number of methoxy groups -OCH3 is 3. The number of hydrogen-bond donors (Lipinski definition) is 3. The summed E-state index contributed by atoms with van der Waals surface area (Å²) < 4.78 is 34.6. The second-order valence-corrected chi connectivity index (χ2v) is 10.6. The fourth-order valence-corrected chi connectivity index (χ4v) is 6.66. The highest BCUT2D eigenvalue weighted by molar-refractivity contribution is 6.33. The van der Waals surface area contributed by atoms with Crippen molar-refractivity contribution >= 4 is 39.4 Å². The van der Waals surface area contributed by atoms with Gasteiger partial charge in [0.1, 0.15) is 35.2 Å². The summed E-state index contributed by atoms with van der Waals surface area (Å²) in [6.45, 7) is -0.255. The van der Waals surface area contributed by atoms with Crippen LogP contribution in [-0.2, 0) is 14.2 Å². The largest absolute Gasteiger partial charge is 0.506 e. The van der Waals surface area contributed by atoms with Gasteiger partial charge in [0.2, 0.25) is 5.43 Å². The Hall–Kier alpha value is -4.07. The number of carbonyl (C=O) groups excluding carboxylic acids is 1. The minimum Gasteiger partial charge on any atom is -0.506 e. The molecule has 1 aromatic heterocycles. The average Bonchev–Trinajstić information content (AvgIpc) is 2.98. The van der Waals surface area contributed by atoms with Gasteiger partial charge in [0.05, 0.1) is 23.1 Å². The molecule has 3 N–H and O–H groups in total. The van der Waals surface area contributed by atoms with E-state index in [1.807, 2.05) is 0 Å². The van der Waals surface area contributed by atoms with E-state index in [1.165, 1.54) is 51.5 Å². The van der Waals surface area contributed by atoms with Gasteiger partial charge in [-0.15, -0.1) is 0 Å². The Morgan fingerprint density at radius 3 is 2.45 bits per heavy atom. The van der Waals surface area contributed by atoms with Gasteiger partial charge in [-0.3, -0.25) is 9.59 Å². The maximum Gasteiger partial charge on any atom is 0.259 e. The van der Waals surface area contributed by atoms with Gasteiger partial charge >= 0.3 is 0 Å². The van der Waals surface area contributed by atoms with E-state index in [-0.39, 0.29) is 73.1 Å². The highest BCUT2D eigenvalue weighted by Gasteiger charge is 2.48. The smallest absolute Gasteiger partial charge is 0.259 e. The summed E-state index contributed by atoms with van der Waals surface area (Å²) in [5.41, 5.74) is -0.0907. The Labute approximate surface area is 242 Å². The molecule has 2 aliphatic heterocycles. The van der Waals surface area contributed by atoms with E-state index in [9.17, 15) is 24.9 Å². The van der Waals surface area contributed by atoms with E-state index >= 15 is 0 Å². The molecule has 0 spiro atoms. The molecule has 1 aliphatic carbocycles. The number of benzene rings is 3. The second kappa shape index (κ2) is 9.21. The van der Waals surface area contributed by atoms with Crippen molar-refractivity contribution in [2.24, 2.45) is 0 Å². The van der Waals surface area contributed by atoms with Gasteiger partial charge in [0, 0.05) is 43.5 Å². The maximum atomic E-state index is 13.9. The van der Waals surface area contributed by atoms with E-state index in [1.54, 1.807) is 0 Å². The number of phenolic OH excluding ortho intramolecular Hbond substituents is 2. The number of likely N-dealkylation sites (N-methyl/N-ethyl adjacent to an activating group) is 1. The number of aliphatic hydroxyl groups is 1. The minimum atomic E-state index is -1.31. The van der Waals surface area contributed by atoms with Gasteiger partial charge in [-0.05, 0) is 23.8 Å². The second-order valence-electron chi connectivity index (χ2n) is 10.2. The molecule has 4 aromatic rings. The van der Waals surface area contributed by atoms with Gasteiger partial charge in [-0.1, -0.05) is 11.6 Å². The van der Waals surface area contributed by atoms with Crippen LogP contribution in [0.4, 0.5) is 0 Å². The third-order valence-electron chi connectivity index (χ3n) is 8.29. The molecule has 0 fully saturated rings. The first-order valence-electron chi connectivity index (χ1n) is 12.8. The van der Waals surface area contributed by atoms with Crippen LogP contribution in [0.3, 0.4) is 0 Å². The molecular weight excluding hydrogens is 586 g/mol. The number of carbonyl (C=O) groups is 1. The van der Waals surface area contributed by atoms with Crippen molar-refractivity contribution in [3.8, 4) is 34.1 Å². The lowest BCUT2D eigenvalue weighted by atomic mass is 10.2. The molecule has 13 heteroatoms. The normalized spacial score (nSPS) is 22.5. The summed E-state index contributed by atoms with van der Waals surface area (Å²) in [5, 5.41) is 34.7. The molecule has 218 valence electrons. The van der Waals surface area contributed by atoms with Crippen molar-refractivity contribution in [1.29, 1.82) is 0 Å². The molecule has 0 radical (unpaired) electrons. The van der Waals surface area contributed by atoms with Crippen LogP contribution in [0.2, 0.25) is 5.02 Å². The lowest BCUT2D eigenvalue weighted by molar-refractivity contribution is -0.121. The lowest BCUT2D eigenvalue weighted by Crippen LogP contribution is -2.47. The van der Waals surface area contributed by atoms with E-state index in [4.69, 9.17) is 39.7 Å². The third-order valence-corrected chi connectivity index (χ3v) is 8.59. The van der Waals surface area contributed by atoms with E-state index in [0.29, 0.717) is 5.56 Å². The quantitative estimate of drug-likeness (QED) is 0.229. The van der Waals surface area contributed by atoms with Crippen molar-refractivity contribution < 1.29 is 48.2 Å². The van der Waals surface area contributed by atoms with E-state index in [2.05, 4.69) is 0 Å². The first-order chi connectivity index (χ1) is 20.2. The lowest BCUT2D eigenvalue weighted by Gasteiger charge is -2.41. The van der Waals surface area contributed by atoms with Gasteiger partial charge in [-0.25, -0.2) is 0 Å². The number of hydrogen-bond acceptors (Lipinski definition) is 11. The van der Waals surface area contributed by atoms with Crippen LogP contribution in [0.25, 0.3) is 33.1 Å². The Bertz CT molecular complexity index is 1920. The molecule has 0 unspecified atom stereocenters. The van der Waals surface area contributed by atoms with Gasteiger partial charge in [0.15, 0.2) is 35.7 Å². The summed E-state index contributed by atoms with van der Waals surface area (Å²) in [4.78, 5) is 28.5. The number of aliphatic hydroxyl groups excluding tert-OH is 1. The van der Waals surface area contributed by atoms with Crippen molar-refractivity contribution in [2.75, 3.05) is 35.2 Å². The molecule has 7 rings (SSSR count). The fraction of sp³-hybridized carbons (Fsp3) is 0.310. The predicted molar refractivity (Wildman–Crippen MR) is 147 cm³/mol. The van der Waals surface area contributed by atoms with Crippen molar-refractivity contribution in [3.63, 3.8) is 0 Å². The molecule has 1 amide bonds. The number of ether oxygens (including phenoxy) is 5. The highest BCUT2D eigenvalue weighted by Crippen LogP contribution is 2.61. The van der Waals surface area contributed by atoms with Crippen LogP contribution in [0.5, 0.6) is 23.0 Å². The molecule has 3 aromatic carbocycles. The molecule has 0 saturated carbocycles. The standard InChI is InChI=1S/C29H24ClNO11/c1-31-28(36)14-10(19(33)29(31)39-4)7-11-13(20(14)34)15-16-25(22(11)37-2)40-8-41-26(16)27-17(21(15)35)18(32)9-5-6-12(30)24(38-3)23(9)42-27/h5-7,19,22,25,29,33-35H,8H2,1-4H3/t19-,22+,25-,29-/m0/s1/i6+1,9+1,10+1,11+1,15+1,17+1,20+1,24+1,25+1,26+1,28+1,29+1. The maximum absolute atomic E-state index is 13.9. The monoisotopic (exact) mass is 609 g/mol. The summed E-state index contributed by atoms with van der Waals surface area (Å²) in [5.74, 6) is -1.45. The molecule has 12 nitrogen and oxygen atoms in total. The molecule has 0 saturated heterocycles. The number of nitrogens with zero attached hydrogens (tertiary/aromatic N) is 1. The Morgan fingerprint density at radius 1 is 1.00 bits per heavy atom. The van der Waals surface area contributed by atoms with Crippen molar-refractivity contribution in [2.45, 2.75) is 24.5 Å². The summed E-state index contributed by atoms with van der Waals surface area (Å²) in [7, 11) is 5.61. The molecule has 4 atom stereocenters. The van der Waals surface area contributed by atoms with E-state index < -0.39 is 47.4 Å². The number of aromatic hydroxyl groups is 2. The van der Waals surface area contributed by atoms with Crippen LogP contribution in [0.15, 0.2) is 27.4 Å². The Kier molecular flexibility index (Phi) is 5.88. The zero-order valence-electron chi connectivity index (χ0n) is 22.7. The number of rotatable bonds is 3. The zero-order chi connectivity index (χ0) is 29.8. The SMILES string of the molecule is CO[C@@H]1[13c]2c[13c]3c([13c](O)c2-[13c]2c4[13c](c5oc6[13c](OC)c(Cl)[13cH]c[13c]6c(=O)[13c]5c2O)OCO[13C@@H]41)[13C](=O)N(C)[13C@@H](OC)[C@H]3O. The van der Waals surface area contributed by atoms with Crippen LogP contribution >= 0.6 is 11.6 Å². The molecule has 3 aliphatic rings. The minimum absolute atomic E-state index is 0.0113. The topological polar surface area (TPSA) is 157 Å². The highest BCUT2D eigenvalue weighted by atomic mass is 35.5. The molecule has 42 heavy (non-hydrogen) atoms. The summed E-state index contributed by atoms with van der Waals surface area (Å²) in [6.07, 6.45) is -4.10. The number of phenols is 2. The van der Waals surface area contributed by atoms with E-state index in [0.717, 1.165) is 0 Å². The summed E-state index contributed by atoms with van der Waals surface area (Å²) >= 11 is 6.29. The molecular formula is C29H24ClNO11. The zero-order valence-corrected chi connectivity index (χ0v) is 23.4. The van der Waals surface area contributed by atoms with Gasteiger partial charge < -0.3 is 48.3 Å². The van der Waals surface area contributed by atoms with Gasteiger partial charge in [0.25, 0.3) is 5.91 Å². The number of amides is 1. The predicted octanol–water partition coefficient (Wildman–Crippen LogP) is 3.89. The number of fused-ring (bicyclic) bond motifs is 6. The van der Waals surface area contributed by atoms with Crippen LogP contribution in [-0.4, -0.2) is 67.5 Å². The molecule has 0 bridgehead atoms. The summed E-state index contributed by atoms with van der Waals surface area (Å²) in [6, 6.07) is 4.46. The fourth-order valence-electron chi connectivity index (χ4n) is 6.43. The first-order valence-corrected chi connectivity index (χ1v) is 13.2. The number of halogens is 1. The Morgan fingerprint density at radius 2 is 1.76 bits per heavy atom. The van der Waals surface area contributed by atoms with Crippen LogP contribution in [0.1, 0.15) is 45.4 Å². The average molecular weight is 610 g/mol. The third kappa shape index (κ3) is 3.21. The van der Waals surface area contributed by atoms with Crippen molar-refractivity contribution in [1.82, 2.24) is 4.90 Å². The Balaban J connectivity index is 1.65.